The summed E-state index contributed by atoms with van der Waals surface area (Å²) in [5.74, 6) is 1.58. The number of likely N-dealkylation sites (tertiary alicyclic amines) is 1. The summed E-state index contributed by atoms with van der Waals surface area (Å²) in [4.78, 5) is 21.8. The zero-order valence-corrected chi connectivity index (χ0v) is 11.7. The predicted octanol–water partition coefficient (Wildman–Crippen LogP) is 2.25. The van der Waals surface area contributed by atoms with Crippen molar-refractivity contribution in [1.29, 1.82) is 0 Å². The van der Waals surface area contributed by atoms with Crippen LogP contribution in [-0.4, -0.2) is 38.4 Å². The summed E-state index contributed by atoms with van der Waals surface area (Å²) < 4.78 is 2.18. The van der Waals surface area contributed by atoms with Gasteiger partial charge in [0.2, 0.25) is 0 Å². The normalized spacial score (nSPS) is 19.2. The third-order valence-corrected chi connectivity index (χ3v) is 4.01. The number of amides is 1. The molecule has 1 unspecified atom stereocenters. The number of carbonyl (C=O) groups excluding carboxylic acids is 1. The fourth-order valence-electron chi connectivity index (χ4n) is 2.96. The van der Waals surface area contributed by atoms with E-state index in [4.69, 9.17) is 0 Å². The van der Waals surface area contributed by atoms with Gasteiger partial charge in [-0.25, -0.2) is 4.98 Å². The number of aryl methyl sites for hydroxylation is 1. The van der Waals surface area contributed by atoms with Gasteiger partial charge in [-0.1, -0.05) is 0 Å². The molecular formula is C15H20N4O. The Morgan fingerprint density at radius 2 is 2.45 bits per heavy atom. The molecule has 0 radical (unpaired) electrons. The second-order valence-corrected chi connectivity index (χ2v) is 5.26. The molecule has 1 atom stereocenters. The zero-order valence-electron chi connectivity index (χ0n) is 11.7. The monoisotopic (exact) mass is 272 g/mol. The van der Waals surface area contributed by atoms with Crippen LogP contribution in [0.25, 0.3) is 0 Å². The van der Waals surface area contributed by atoms with E-state index in [0.717, 1.165) is 43.9 Å². The van der Waals surface area contributed by atoms with Gasteiger partial charge in [0.15, 0.2) is 0 Å². The number of hydrogen-bond donors (Lipinski definition) is 1. The van der Waals surface area contributed by atoms with Crippen LogP contribution in [-0.2, 0) is 6.54 Å². The fourth-order valence-corrected chi connectivity index (χ4v) is 2.96. The first-order chi connectivity index (χ1) is 9.79. The molecule has 0 spiro atoms. The molecule has 0 aromatic carbocycles. The van der Waals surface area contributed by atoms with Gasteiger partial charge in [0.05, 0.1) is 5.56 Å². The number of piperidine rings is 1. The molecule has 2 aromatic heterocycles. The number of rotatable bonds is 3. The van der Waals surface area contributed by atoms with Crippen LogP contribution in [0.3, 0.4) is 0 Å². The Labute approximate surface area is 118 Å². The highest BCUT2D eigenvalue weighted by molar-refractivity contribution is 5.94. The van der Waals surface area contributed by atoms with Crippen LogP contribution in [0.2, 0.25) is 0 Å². The quantitative estimate of drug-likeness (QED) is 0.931. The second kappa shape index (κ2) is 5.53. The molecule has 3 heterocycles. The molecular weight excluding hydrogens is 252 g/mol. The molecule has 5 heteroatoms. The van der Waals surface area contributed by atoms with Gasteiger partial charge in [0.1, 0.15) is 5.82 Å². The third kappa shape index (κ3) is 2.35. The number of hydrogen-bond acceptors (Lipinski definition) is 2. The summed E-state index contributed by atoms with van der Waals surface area (Å²) in [6, 6.07) is 1.83. The molecule has 1 amide bonds. The Hall–Kier alpha value is -2.04. The fraction of sp³-hybridized carbons (Fsp3) is 0.467. The van der Waals surface area contributed by atoms with Crippen molar-refractivity contribution in [2.75, 3.05) is 13.1 Å². The van der Waals surface area contributed by atoms with E-state index in [2.05, 4.69) is 21.5 Å². The summed E-state index contributed by atoms with van der Waals surface area (Å²) in [6.07, 6.45) is 9.57. The first-order valence-electron chi connectivity index (χ1n) is 7.22. The van der Waals surface area contributed by atoms with E-state index in [1.807, 2.05) is 23.4 Å². The van der Waals surface area contributed by atoms with Crippen molar-refractivity contribution in [3.8, 4) is 0 Å². The van der Waals surface area contributed by atoms with E-state index in [9.17, 15) is 4.79 Å². The maximum atomic E-state index is 12.4. The molecule has 1 N–H and O–H groups in total. The van der Waals surface area contributed by atoms with Crippen molar-refractivity contribution in [1.82, 2.24) is 19.4 Å². The van der Waals surface area contributed by atoms with Crippen LogP contribution in [0.5, 0.6) is 0 Å². The van der Waals surface area contributed by atoms with Crippen molar-refractivity contribution in [3.63, 3.8) is 0 Å². The van der Waals surface area contributed by atoms with Crippen molar-refractivity contribution in [2.24, 2.45) is 0 Å². The highest BCUT2D eigenvalue weighted by atomic mass is 16.2. The summed E-state index contributed by atoms with van der Waals surface area (Å²) in [6.45, 7) is 4.66. The van der Waals surface area contributed by atoms with E-state index in [1.165, 1.54) is 0 Å². The topological polar surface area (TPSA) is 53.9 Å². The number of aromatic nitrogens is 3. The molecule has 3 rings (SSSR count). The van der Waals surface area contributed by atoms with Gasteiger partial charge < -0.3 is 14.5 Å². The first-order valence-corrected chi connectivity index (χ1v) is 7.22. The minimum atomic E-state index is 0.116. The van der Waals surface area contributed by atoms with E-state index in [1.54, 1.807) is 12.4 Å². The van der Waals surface area contributed by atoms with Crippen molar-refractivity contribution >= 4 is 5.91 Å². The van der Waals surface area contributed by atoms with Gasteiger partial charge in [-0.2, -0.15) is 0 Å². The van der Waals surface area contributed by atoms with Crippen molar-refractivity contribution < 1.29 is 4.79 Å². The summed E-state index contributed by atoms with van der Waals surface area (Å²) >= 11 is 0. The Morgan fingerprint density at radius 1 is 1.55 bits per heavy atom. The molecule has 1 aliphatic rings. The molecule has 0 bridgehead atoms. The Balaban J connectivity index is 1.75. The van der Waals surface area contributed by atoms with Crippen LogP contribution >= 0.6 is 0 Å². The minimum absolute atomic E-state index is 0.116. The molecule has 5 nitrogen and oxygen atoms in total. The molecule has 0 saturated carbocycles. The largest absolute Gasteiger partial charge is 0.367 e. The highest BCUT2D eigenvalue weighted by Crippen LogP contribution is 2.26. The summed E-state index contributed by atoms with van der Waals surface area (Å²) in [7, 11) is 0. The van der Waals surface area contributed by atoms with Gasteiger partial charge >= 0.3 is 0 Å². The zero-order chi connectivity index (χ0) is 13.9. The SMILES string of the molecule is CCn1ccnc1C1CCCN(C(=O)c2cc[nH]c2)C1. The maximum absolute atomic E-state index is 12.4. The number of imidazole rings is 1. The molecule has 1 saturated heterocycles. The first kappa shape index (κ1) is 13.0. The van der Waals surface area contributed by atoms with Crippen molar-refractivity contribution in [2.45, 2.75) is 32.2 Å². The van der Waals surface area contributed by atoms with Crippen LogP contribution in [0.4, 0.5) is 0 Å². The molecule has 0 aliphatic carbocycles. The van der Waals surface area contributed by atoms with Gasteiger partial charge in [0.25, 0.3) is 5.91 Å². The molecule has 106 valence electrons. The Kier molecular flexibility index (Phi) is 3.58. The Bertz CT molecular complexity index is 572. The van der Waals surface area contributed by atoms with Crippen LogP contribution in [0.1, 0.15) is 41.9 Å². The summed E-state index contributed by atoms with van der Waals surface area (Å²) in [5, 5.41) is 0. The van der Waals surface area contributed by atoms with Crippen molar-refractivity contribution in [3.05, 3.63) is 42.2 Å². The van der Waals surface area contributed by atoms with Crippen LogP contribution in [0.15, 0.2) is 30.9 Å². The summed E-state index contributed by atoms with van der Waals surface area (Å²) in [5.41, 5.74) is 0.740. The average Bonchev–Trinajstić information content (AvgIpc) is 3.17. The second-order valence-electron chi connectivity index (χ2n) is 5.26. The molecule has 2 aromatic rings. The number of carbonyl (C=O) groups is 1. The standard InChI is InChI=1S/C15H20N4O/c1-2-18-9-7-17-14(18)13-4-3-8-19(11-13)15(20)12-5-6-16-10-12/h5-7,9-10,13,16H,2-4,8,11H2,1H3. The van der Waals surface area contributed by atoms with Crippen LogP contribution in [0, 0.1) is 0 Å². The van der Waals surface area contributed by atoms with E-state index < -0.39 is 0 Å². The minimum Gasteiger partial charge on any atom is -0.367 e. The lowest BCUT2D eigenvalue weighted by Gasteiger charge is -2.32. The number of aromatic amines is 1. The van der Waals surface area contributed by atoms with E-state index >= 15 is 0 Å². The van der Waals surface area contributed by atoms with Crippen LogP contribution < -0.4 is 0 Å². The lowest BCUT2D eigenvalue weighted by atomic mass is 9.96. The molecule has 1 aliphatic heterocycles. The van der Waals surface area contributed by atoms with E-state index in [0.29, 0.717) is 5.92 Å². The predicted molar refractivity (Wildman–Crippen MR) is 76.6 cm³/mol. The lowest BCUT2D eigenvalue weighted by Crippen LogP contribution is -2.39. The maximum Gasteiger partial charge on any atom is 0.255 e. The molecule has 20 heavy (non-hydrogen) atoms. The Morgan fingerprint density at radius 3 is 3.20 bits per heavy atom. The third-order valence-electron chi connectivity index (χ3n) is 4.01. The highest BCUT2D eigenvalue weighted by Gasteiger charge is 2.27. The van der Waals surface area contributed by atoms with Gasteiger partial charge in [-0.05, 0) is 25.8 Å². The van der Waals surface area contributed by atoms with E-state index in [-0.39, 0.29) is 5.91 Å². The number of nitrogens with zero attached hydrogens (tertiary/aromatic N) is 3. The smallest absolute Gasteiger partial charge is 0.255 e. The van der Waals surface area contributed by atoms with Gasteiger partial charge in [0, 0.05) is 50.3 Å². The molecule has 1 fully saturated rings. The number of H-pyrrole nitrogens is 1. The van der Waals surface area contributed by atoms with Gasteiger partial charge in [-0.15, -0.1) is 0 Å². The lowest BCUT2D eigenvalue weighted by molar-refractivity contribution is 0.0703. The average molecular weight is 272 g/mol. The van der Waals surface area contributed by atoms with Gasteiger partial charge in [-0.3, -0.25) is 4.79 Å². The number of nitrogens with one attached hydrogen (secondary N) is 1.